The van der Waals surface area contributed by atoms with Crippen molar-refractivity contribution in [3.05, 3.63) is 102 Å². The minimum Gasteiger partial charge on any atom is -0.497 e. The first-order chi connectivity index (χ1) is 16.1. The van der Waals surface area contributed by atoms with Crippen molar-refractivity contribution in [2.45, 2.75) is 13.0 Å². The van der Waals surface area contributed by atoms with Gasteiger partial charge in [0.25, 0.3) is 5.91 Å². The number of amides is 1. The number of aromatic amines is 1. The lowest BCUT2D eigenvalue weighted by molar-refractivity contribution is 0.0937. The molecule has 0 aliphatic carbocycles. The molecular weight excluding hydrogens is 416 g/mol. The molecule has 5 aromatic rings. The van der Waals surface area contributed by atoms with Crippen LogP contribution in [-0.4, -0.2) is 38.0 Å². The molecule has 0 aliphatic heterocycles. The van der Waals surface area contributed by atoms with Crippen molar-refractivity contribution in [1.82, 2.24) is 30.3 Å². The maximum Gasteiger partial charge on any atom is 0.274 e. The van der Waals surface area contributed by atoms with Gasteiger partial charge in [0.15, 0.2) is 5.69 Å². The third-order valence-corrected chi connectivity index (χ3v) is 5.61. The number of fused-ring (bicyclic) bond motifs is 1. The number of H-pyrrole nitrogens is 1. The van der Waals surface area contributed by atoms with Crippen LogP contribution in [0.1, 0.15) is 33.4 Å². The lowest BCUT2D eigenvalue weighted by atomic mass is 9.98. The number of hydrogen-bond acceptors (Lipinski definition) is 5. The fraction of sp³-hybridized carbons (Fsp3) is 0.120. The molecule has 5 rings (SSSR count). The molecular formula is C25H22N6O2. The number of nitrogens with one attached hydrogen (secondary N) is 2. The van der Waals surface area contributed by atoms with Gasteiger partial charge in [-0.15, -0.1) is 5.10 Å². The number of benzene rings is 3. The van der Waals surface area contributed by atoms with Gasteiger partial charge < -0.3 is 15.0 Å². The van der Waals surface area contributed by atoms with Gasteiger partial charge >= 0.3 is 0 Å². The van der Waals surface area contributed by atoms with Crippen molar-refractivity contribution in [1.29, 1.82) is 0 Å². The summed E-state index contributed by atoms with van der Waals surface area (Å²) in [6, 6.07) is 22.8. The van der Waals surface area contributed by atoms with Crippen LogP contribution in [-0.2, 0) is 0 Å². The van der Waals surface area contributed by atoms with E-state index in [4.69, 9.17) is 4.74 Å². The third kappa shape index (κ3) is 3.94. The molecule has 2 aromatic heterocycles. The van der Waals surface area contributed by atoms with Gasteiger partial charge in [0.2, 0.25) is 0 Å². The SMILES string of the molecule is COc1ccc(-n2nnc(C(=O)NC(c3ccccc3)c3ccc4nc[nH]c4c3)c2C)cc1. The zero-order valence-electron chi connectivity index (χ0n) is 18.2. The van der Waals surface area contributed by atoms with Crippen LogP contribution in [0.4, 0.5) is 0 Å². The summed E-state index contributed by atoms with van der Waals surface area (Å²) in [4.78, 5) is 20.7. The second kappa shape index (κ2) is 8.58. The summed E-state index contributed by atoms with van der Waals surface area (Å²) in [5.74, 6) is 0.445. The van der Waals surface area contributed by atoms with Crippen LogP contribution in [0.5, 0.6) is 5.75 Å². The first-order valence-corrected chi connectivity index (χ1v) is 10.5. The first kappa shape index (κ1) is 20.4. The molecule has 0 aliphatic rings. The largest absolute Gasteiger partial charge is 0.497 e. The summed E-state index contributed by atoms with van der Waals surface area (Å²) in [6.07, 6.45) is 1.66. The Morgan fingerprint density at radius 2 is 1.82 bits per heavy atom. The Balaban J connectivity index is 1.47. The summed E-state index contributed by atoms with van der Waals surface area (Å²) in [7, 11) is 1.62. The maximum absolute atomic E-state index is 13.3. The zero-order chi connectivity index (χ0) is 22.8. The van der Waals surface area contributed by atoms with Crippen LogP contribution in [0.25, 0.3) is 16.7 Å². The minimum atomic E-state index is -0.364. The summed E-state index contributed by atoms with van der Waals surface area (Å²) in [6.45, 7) is 1.83. The average Bonchev–Trinajstić information content (AvgIpc) is 3.49. The van der Waals surface area contributed by atoms with Gasteiger partial charge in [0, 0.05) is 0 Å². The van der Waals surface area contributed by atoms with Gasteiger partial charge in [-0.1, -0.05) is 41.6 Å². The number of nitrogens with zero attached hydrogens (tertiary/aromatic N) is 4. The molecule has 8 nitrogen and oxygen atoms in total. The summed E-state index contributed by atoms with van der Waals surface area (Å²) in [5.41, 5.74) is 5.39. The minimum absolute atomic E-state index is 0.273. The molecule has 2 N–H and O–H groups in total. The Hall–Kier alpha value is -4.46. The smallest absolute Gasteiger partial charge is 0.274 e. The molecule has 164 valence electrons. The number of ether oxygens (including phenoxy) is 1. The first-order valence-electron chi connectivity index (χ1n) is 10.5. The molecule has 2 heterocycles. The van der Waals surface area contributed by atoms with E-state index in [9.17, 15) is 4.79 Å². The number of carbonyl (C=O) groups excluding carboxylic acids is 1. The third-order valence-electron chi connectivity index (χ3n) is 5.61. The highest BCUT2D eigenvalue weighted by atomic mass is 16.5. The average molecular weight is 438 g/mol. The Kier molecular flexibility index (Phi) is 5.32. The van der Waals surface area contributed by atoms with Crippen LogP contribution in [0.3, 0.4) is 0 Å². The predicted octanol–water partition coefficient (Wildman–Crippen LogP) is 3.98. The van der Waals surface area contributed by atoms with Crippen molar-refractivity contribution >= 4 is 16.9 Å². The highest BCUT2D eigenvalue weighted by molar-refractivity contribution is 5.94. The highest BCUT2D eigenvalue weighted by Crippen LogP contribution is 2.25. The van der Waals surface area contributed by atoms with Gasteiger partial charge in [-0.2, -0.15) is 0 Å². The molecule has 0 saturated heterocycles. The Bertz CT molecular complexity index is 1410. The van der Waals surface area contributed by atoms with Crippen molar-refractivity contribution < 1.29 is 9.53 Å². The van der Waals surface area contributed by atoms with E-state index in [2.05, 4.69) is 25.6 Å². The van der Waals surface area contributed by atoms with Crippen molar-refractivity contribution in [2.24, 2.45) is 0 Å². The highest BCUT2D eigenvalue weighted by Gasteiger charge is 2.23. The molecule has 0 fully saturated rings. The Morgan fingerprint density at radius 1 is 1.03 bits per heavy atom. The summed E-state index contributed by atoms with van der Waals surface area (Å²) < 4.78 is 6.85. The molecule has 1 amide bonds. The topological polar surface area (TPSA) is 97.7 Å². The van der Waals surface area contributed by atoms with Gasteiger partial charge in [0.1, 0.15) is 5.75 Å². The van der Waals surface area contributed by atoms with Crippen LogP contribution < -0.4 is 10.1 Å². The zero-order valence-corrected chi connectivity index (χ0v) is 18.2. The standard InChI is InChI=1S/C25H22N6O2/c1-16-23(29-30-31(16)19-9-11-20(33-2)12-10-19)25(32)28-24(17-6-4-3-5-7-17)18-8-13-21-22(14-18)27-15-26-21/h3-15,24H,1-2H3,(H,26,27)(H,28,32). The number of imidazole rings is 1. The molecule has 0 saturated carbocycles. The summed E-state index contributed by atoms with van der Waals surface area (Å²) >= 11 is 0. The second-order valence-corrected chi connectivity index (χ2v) is 7.63. The lowest BCUT2D eigenvalue weighted by Crippen LogP contribution is -2.30. The molecule has 0 spiro atoms. The molecule has 1 atom stereocenters. The van der Waals surface area contributed by atoms with Gasteiger partial charge in [-0.3, -0.25) is 4.79 Å². The number of rotatable bonds is 6. The van der Waals surface area contributed by atoms with E-state index in [1.165, 1.54) is 0 Å². The van der Waals surface area contributed by atoms with E-state index in [0.717, 1.165) is 33.6 Å². The number of methoxy groups -OCH3 is 1. The van der Waals surface area contributed by atoms with Crippen molar-refractivity contribution in [2.75, 3.05) is 7.11 Å². The van der Waals surface area contributed by atoms with E-state index in [-0.39, 0.29) is 17.6 Å². The van der Waals surface area contributed by atoms with Crippen molar-refractivity contribution in [3.63, 3.8) is 0 Å². The van der Waals surface area contributed by atoms with Gasteiger partial charge in [-0.25, -0.2) is 9.67 Å². The van der Waals surface area contributed by atoms with Crippen molar-refractivity contribution in [3.8, 4) is 11.4 Å². The van der Waals surface area contributed by atoms with Crippen LogP contribution in [0, 0.1) is 6.92 Å². The van der Waals surface area contributed by atoms with E-state index in [0.29, 0.717) is 5.69 Å². The Morgan fingerprint density at radius 3 is 2.58 bits per heavy atom. The van der Waals surface area contributed by atoms with Crippen LogP contribution in [0.15, 0.2) is 79.1 Å². The number of aromatic nitrogens is 5. The molecule has 1 unspecified atom stereocenters. The molecule has 0 bridgehead atoms. The molecule has 3 aromatic carbocycles. The Labute approximate surface area is 190 Å². The molecule has 33 heavy (non-hydrogen) atoms. The number of hydrogen-bond donors (Lipinski definition) is 2. The second-order valence-electron chi connectivity index (χ2n) is 7.63. The van der Waals surface area contributed by atoms with E-state index in [1.54, 1.807) is 18.1 Å². The number of carbonyl (C=O) groups is 1. The monoisotopic (exact) mass is 438 g/mol. The fourth-order valence-corrected chi connectivity index (χ4v) is 3.84. The van der Waals surface area contributed by atoms with Gasteiger partial charge in [-0.05, 0) is 54.4 Å². The summed E-state index contributed by atoms with van der Waals surface area (Å²) in [5, 5.41) is 11.5. The van der Waals surface area contributed by atoms with Gasteiger partial charge in [0.05, 0.1) is 41.9 Å². The van der Waals surface area contributed by atoms with Crippen LogP contribution in [0.2, 0.25) is 0 Å². The quantitative estimate of drug-likeness (QED) is 0.418. The maximum atomic E-state index is 13.3. The molecule has 8 heteroatoms. The van der Waals surface area contributed by atoms with E-state index >= 15 is 0 Å². The lowest BCUT2D eigenvalue weighted by Gasteiger charge is -2.19. The predicted molar refractivity (Wildman–Crippen MR) is 124 cm³/mol. The van der Waals surface area contributed by atoms with E-state index in [1.807, 2.05) is 79.7 Å². The molecule has 0 radical (unpaired) electrons. The van der Waals surface area contributed by atoms with Crippen LogP contribution >= 0.6 is 0 Å². The normalized spacial score (nSPS) is 11.9. The fourth-order valence-electron chi connectivity index (χ4n) is 3.84. The van der Waals surface area contributed by atoms with E-state index < -0.39 is 0 Å².